The normalized spacial score (nSPS) is 29.2. The van der Waals surface area contributed by atoms with Crippen molar-refractivity contribution in [3.63, 3.8) is 0 Å². The Labute approximate surface area is 150 Å². The summed E-state index contributed by atoms with van der Waals surface area (Å²) in [5.41, 5.74) is 0. The minimum atomic E-state index is -3.61. The molecule has 3 heterocycles. The summed E-state index contributed by atoms with van der Waals surface area (Å²) in [4.78, 5) is 6.36. The summed E-state index contributed by atoms with van der Waals surface area (Å²) in [5, 5.41) is 13.0. The van der Waals surface area contributed by atoms with Crippen LogP contribution in [0.4, 0.5) is 0 Å². The van der Waals surface area contributed by atoms with Crippen molar-refractivity contribution >= 4 is 17.1 Å². The van der Waals surface area contributed by atoms with Crippen LogP contribution in [0.2, 0.25) is 6.82 Å². The number of sulfonamides is 1. The molecule has 140 valence electrons. The zero-order valence-corrected chi connectivity index (χ0v) is 16.0. The highest BCUT2D eigenvalue weighted by Gasteiger charge is 2.45. The minimum Gasteiger partial charge on any atom is -0.437 e. The average molecular weight is 369 g/mol. The molecule has 2 aliphatic heterocycles. The molecule has 3 atom stereocenters. The molecular formula is C15H28BN5O3S. The third kappa shape index (κ3) is 3.92. The topological polar surface area (TPSA) is 90.7 Å². The van der Waals surface area contributed by atoms with Gasteiger partial charge in [0, 0.05) is 44.3 Å². The lowest BCUT2D eigenvalue weighted by atomic mass is 9.81. The fourth-order valence-electron chi connectivity index (χ4n) is 4.16. The van der Waals surface area contributed by atoms with Gasteiger partial charge in [-0.05, 0) is 33.3 Å². The van der Waals surface area contributed by atoms with Gasteiger partial charge in [-0.3, -0.25) is 0 Å². The molecule has 1 aromatic heterocycles. The third-order valence-corrected chi connectivity index (χ3v) is 7.11. The molecule has 0 spiro atoms. The van der Waals surface area contributed by atoms with Crippen molar-refractivity contribution in [2.24, 2.45) is 13.0 Å². The molecule has 1 unspecified atom stereocenters. The second kappa shape index (κ2) is 7.36. The Kier molecular flexibility index (Phi) is 5.55. The standard InChI is InChI=1S/C15H28BN5O3S/c1-16(22)18-13-9-21(25(23,24)15-10-19(2)11-17-15)8-12(13)14-6-4-5-7-20(14)3/h10-14,18,22H,4-9H2,1-3H3/t12-,13-,14?/m0/s1. The van der Waals surface area contributed by atoms with Gasteiger partial charge < -0.3 is 19.7 Å². The first-order valence-corrected chi connectivity index (χ1v) is 10.4. The van der Waals surface area contributed by atoms with Crippen LogP contribution in [0.1, 0.15) is 19.3 Å². The molecule has 10 heteroatoms. The van der Waals surface area contributed by atoms with Crippen molar-refractivity contribution in [3.8, 4) is 0 Å². The molecule has 0 aromatic carbocycles. The van der Waals surface area contributed by atoms with E-state index in [1.165, 1.54) is 29.7 Å². The lowest BCUT2D eigenvalue weighted by molar-refractivity contribution is 0.124. The Morgan fingerprint density at radius 1 is 1.32 bits per heavy atom. The van der Waals surface area contributed by atoms with Crippen LogP contribution in [0.15, 0.2) is 17.6 Å². The minimum absolute atomic E-state index is 0.0657. The zero-order valence-electron chi connectivity index (χ0n) is 15.2. The van der Waals surface area contributed by atoms with Crippen LogP contribution in [0.3, 0.4) is 0 Å². The van der Waals surface area contributed by atoms with Crippen molar-refractivity contribution < 1.29 is 13.4 Å². The van der Waals surface area contributed by atoms with Crippen LogP contribution in [0.5, 0.6) is 0 Å². The van der Waals surface area contributed by atoms with Gasteiger partial charge in [0.05, 0.1) is 6.33 Å². The van der Waals surface area contributed by atoms with E-state index in [2.05, 4.69) is 22.2 Å². The summed E-state index contributed by atoms with van der Waals surface area (Å²) in [5.74, 6) is 0.151. The van der Waals surface area contributed by atoms with Gasteiger partial charge in [0.2, 0.25) is 0 Å². The van der Waals surface area contributed by atoms with E-state index < -0.39 is 17.1 Å². The molecule has 0 bridgehead atoms. The zero-order chi connectivity index (χ0) is 18.2. The van der Waals surface area contributed by atoms with Crippen LogP contribution in [-0.2, 0) is 17.1 Å². The fraction of sp³-hybridized carbons (Fsp3) is 0.800. The lowest BCUT2D eigenvalue weighted by Crippen LogP contribution is -2.52. The highest BCUT2D eigenvalue weighted by Crippen LogP contribution is 2.32. The molecule has 2 aliphatic rings. The summed E-state index contributed by atoms with van der Waals surface area (Å²) in [6.07, 6.45) is 6.45. The van der Waals surface area contributed by atoms with E-state index in [0.29, 0.717) is 19.1 Å². The molecule has 8 nitrogen and oxygen atoms in total. The first-order valence-electron chi connectivity index (χ1n) is 8.91. The predicted molar refractivity (Wildman–Crippen MR) is 96.5 cm³/mol. The van der Waals surface area contributed by atoms with E-state index in [4.69, 9.17) is 0 Å². The van der Waals surface area contributed by atoms with Crippen LogP contribution >= 0.6 is 0 Å². The fourth-order valence-corrected chi connectivity index (χ4v) is 5.63. The van der Waals surface area contributed by atoms with Gasteiger partial charge in [-0.2, -0.15) is 4.31 Å². The largest absolute Gasteiger partial charge is 0.437 e. The molecule has 2 fully saturated rings. The van der Waals surface area contributed by atoms with Gasteiger partial charge in [0.25, 0.3) is 10.0 Å². The van der Waals surface area contributed by atoms with Gasteiger partial charge in [0.15, 0.2) is 5.03 Å². The van der Waals surface area contributed by atoms with Crippen molar-refractivity contribution in [2.75, 3.05) is 26.7 Å². The number of aryl methyl sites for hydroxylation is 1. The van der Waals surface area contributed by atoms with E-state index >= 15 is 0 Å². The van der Waals surface area contributed by atoms with Crippen LogP contribution in [0, 0.1) is 5.92 Å². The highest BCUT2D eigenvalue weighted by atomic mass is 32.2. The third-order valence-electron chi connectivity index (χ3n) is 5.39. The van der Waals surface area contributed by atoms with Crippen molar-refractivity contribution in [3.05, 3.63) is 12.5 Å². The van der Waals surface area contributed by atoms with Crippen LogP contribution in [-0.4, -0.2) is 78.0 Å². The molecule has 1 aromatic rings. The monoisotopic (exact) mass is 369 g/mol. The van der Waals surface area contributed by atoms with Crippen molar-refractivity contribution in [1.82, 2.24) is 24.0 Å². The molecule has 0 saturated carbocycles. The molecular weight excluding hydrogens is 341 g/mol. The number of hydrogen-bond acceptors (Lipinski definition) is 6. The van der Waals surface area contributed by atoms with Gasteiger partial charge in [0.1, 0.15) is 0 Å². The predicted octanol–water partition coefficient (Wildman–Crippen LogP) is -0.407. The number of rotatable bonds is 5. The summed E-state index contributed by atoms with van der Waals surface area (Å²) in [7, 11) is -0.414. The molecule has 2 N–H and O–H groups in total. The van der Waals surface area contributed by atoms with E-state index in [1.807, 2.05) is 0 Å². The number of hydrogen-bond donors (Lipinski definition) is 2. The van der Waals surface area contributed by atoms with E-state index in [0.717, 1.165) is 13.0 Å². The number of nitrogens with zero attached hydrogens (tertiary/aromatic N) is 4. The molecule has 25 heavy (non-hydrogen) atoms. The average Bonchev–Trinajstić information content (AvgIpc) is 3.15. The van der Waals surface area contributed by atoms with Crippen LogP contribution < -0.4 is 5.23 Å². The van der Waals surface area contributed by atoms with Gasteiger partial charge >= 0.3 is 7.05 Å². The molecule has 0 amide bonds. The first kappa shape index (κ1) is 18.8. The van der Waals surface area contributed by atoms with E-state index in [9.17, 15) is 13.4 Å². The first-order chi connectivity index (χ1) is 11.8. The molecule has 2 saturated heterocycles. The molecule has 0 radical (unpaired) electrons. The van der Waals surface area contributed by atoms with Crippen molar-refractivity contribution in [2.45, 2.75) is 43.2 Å². The Hall–Kier alpha value is -0.935. The maximum absolute atomic E-state index is 12.9. The summed E-state index contributed by atoms with van der Waals surface area (Å²) in [6, 6.07) is 0.262. The summed E-state index contributed by atoms with van der Waals surface area (Å²) in [6.45, 7) is 3.53. The Balaban J connectivity index is 1.83. The second-order valence-electron chi connectivity index (χ2n) is 7.36. The van der Waals surface area contributed by atoms with Crippen molar-refractivity contribution in [1.29, 1.82) is 0 Å². The Bertz CT molecular complexity index is 695. The summed E-state index contributed by atoms with van der Waals surface area (Å²) >= 11 is 0. The van der Waals surface area contributed by atoms with Crippen LogP contribution in [0.25, 0.3) is 0 Å². The molecule has 0 aliphatic carbocycles. The SMILES string of the molecule is CB(O)N[C@H]1CN(S(=O)(=O)c2cn(C)cn2)C[C@@H]1C1CCCCN1C. The summed E-state index contributed by atoms with van der Waals surface area (Å²) < 4.78 is 29.0. The quantitative estimate of drug-likeness (QED) is 0.686. The Morgan fingerprint density at radius 2 is 2.08 bits per heavy atom. The van der Waals surface area contributed by atoms with Gasteiger partial charge in [-0.15, -0.1) is 0 Å². The lowest BCUT2D eigenvalue weighted by Gasteiger charge is -2.39. The second-order valence-corrected chi connectivity index (χ2v) is 9.24. The van der Waals surface area contributed by atoms with Gasteiger partial charge in [-0.25, -0.2) is 13.4 Å². The van der Waals surface area contributed by atoms with E-state index in [1.54, 1.807) is 18.4 Å². The number of likely N-dealkylation sites (tertiary alicyclic amines) is 1. The number of imidazole rings is 1. The number of aromatic nitrogens is 2. The Morgan fingerprint density at radius 3 is 2.68 bits per heavy atom. The maximum Gasteiger partial charge on any atom is 0.373 e. The van der Waals surface area contributed by atoms with Gasteiger partial charge in [-0.1, -0.05) is 6.42 Å². The molecule has 3 rings (SSSR count). The maximum atomic E-state index is 12.9. The highest BCUT2D eigenvalue weighted by molar-refractivity contribution is 7.89. The smallest absolute Gasteiger partial charge is 0.373 e. The number of piperidine rings is 1. The number of nitrogens with one attached hydrogen (secondary N) is 1. The van der Waals surface area contributed by atoms with E-state index in [-0.39, 0.29) is 17.0 Å².